The molecule has 2 atom stereocenters. The average Bonchev–Trinajstić information content (AvgIpc) is 3.16. The van der Waals surface area contributed by atoms with E-state index in [1.807, 2.05) is 0 Å². The number of fused-ring (bicyclic) bond motifs is 1. The smallest absolute Gasteiger partial charge is 0.223 e. The van der Waals surface area contributed by atoms with E-state index < -0.39 is 9.84 Å². The molecule has 1 aromatic rings. The first-order chi connectivity index (χ1) is 11.8. The van der Waals surface area contributed by atoms with Crippen LogP contribution in [0.4, 0.5) is 0 Å². The molecule has 2 unspecified atom stereocenters. The minimum atomic E-state index is -2.97. The lowest BCUT2D eigenvalue weighted by Gasteiger charge is -2.28. The van der Waals surface area contributed by atoms with Crippen LogP contribution in [0.1, 0.15) is 55.7 Å². The van der Waals surface area contributed by atoms with Gasteiger partial charge in [0, 0.05) is 19.5 Å². The van der Waals surface area contributed by atoms with Gasteiger partial charge < -0.3 is 4.90 Å². The molecule has 1 saturated heterocycles. The fourth-order valence-corrected chi connectivity index (χ4v) is 5.95. The van der Waals surface area contributed by atoms with Gasteiger partial charge in [0.15, 0.2) is 9.84 Å². The standard InChI is InChI=1S/C20H29NO3S/c1-14(2)19(17-8-7-15-5-4-6-16(15)11-17)12-20(22)21(3)18-9-10-25(23,24)13-18/h7-8,11,14,18-19H,4-6,9-10,12-13H2,1-3H3. The molecule has 1 amide bonds. The fraction of sp³-hybridized carbons (Fsp3) is 0.650. The summed E-state index contributed by atoms with van der Waals surface area (Å²) >= 11 is 0. The number of sulfone groups is 1. The molecule has 0 N–H and O–H groups in total. The van der Waals surface area contributed by atoms with Crippen LogP contribution in [0.25, 0.3) is 0 Å². The van der Waals surface area contributed by atoms with Gasteiger partial charge in [0.2, 0.25) is 5.91 Å². The van der Waals surface area contributed by atoms with Crippen molar-refractivity contribution < 1.29 is 13.2 Å². The topological polar surface area (TPSA) is 54.5 Å². The number of hydrogen-bond donors (Lipinski definition) is 0. The average molecular weight is 364 g/mol. The SMILES string of the molecule is CC(C)C(CC(=O)N(C)C1CCS(=O)(=O)C1)c1ccc2c(c1)CCC2. The summed E-state index contributed by atoms with van der Waals surface area (Å²) in [4.78, 5) is 14.5. The summed E-state index contributed by atoms with van der Waals surface area (Å²) in [6.45, 7) is 4.32. The molecular formula is C20H29NO3S. The number of benzene rings is 1. The molecule has 25 heavy (non-hydrogen) atoms. The van der Waals surface area contributed by atoms with Crippen LogP contribution >= 0.6 is 0 Å². The lowest BCUT2D eigenvalue weighted by atomic mass is 9.84. The van der Waals surface area contributed by atoms with Gasteiger partial charge in [-0.2, -0.15) is 0 Å². The molecule has 138 valence electrons. The minimum Gasteiger partial charge on any atom is -0.342 e. The number of amides is 1. The van der Waals surface area contributed by atoms with Crippen LogP contribution in [0.2, 0.25) is 0 Å². The van der Waals surface area contributed by atoms with Crippen molar-refractivity contribution in [1.29, 1.82) is 0 Å². The molecule has 0 bridgehead atoms. The van der Waals surface area contributed by atoms with E-state index in [9.17, 15) is 13.2 Å². The lowest BCUT2D eigenvalue weighted by molar-refractivity contribution is -0.132. The number of aryl methyl sites for hydroxylation is 2. The van der Waals surface area contributed by atoms with Gasteiger partial charge in [-0.05, 0) is 54.2 Å². The third-order valence-electron chi connectivity index (χ3n) is 5.90. The Labute approximate surface area is 151 Å². The summed E-state index contributed by atoms with van der Waals surface area (Å²) in [5, 5.41) is 0. The number of carbonyl (C=O) groups excluding carboxylic acids is 1. The number of nitrogens with zero attached hydrogens (tertiary/aromatic N) is 1. The number of hydrogen-bond acceptors (Lipinski definition) is 3. The quantitative estimate of drug-likeness (QED) is 0.808. The first-order valence-corrected chi connectivity index (χ1v) is 11.2. The Hall–Kier alpha value is -1.36. The van der Waals surface area contributed by atoms with Crippen LogP contribution in [0.15, 0.2) is 18.2 Å². The molecule has 1 heterocycles. The van der Waals surface area contributed by atoms with Crippen molar-refractivity contribution in [2.75, 3.05) is 18.6 Å². The van der Waals surface area contributed by atoms with Crippen molar-refractivity contribution in [2.24, 2.45) is 5.92 Å². The maximum absolute atomic E-state index is 12.8. The number of rotatable bonds is 5. The molecule has 2 aliphatic rings. The predicted molar refractivity (Wildman–Crippen MR) is 100 cm³/mol. The van der Waals surface area contributed by atoms with Gasteiger partial charge in [-0.15, -0.1) is 0 Å². The van der Waals surface area contributed by atoms with Crippen molar-refractivity contribution in [3.05, 3.63) is 34.9 Å². The Morgan fingerprint density at radius 1 is 1.24 bits per heavy atom. The van der Waals surface area contributed by atoms with Crippen LogP contribution in [-0.2, 0) is 27.5 Å². The summed E-state index contributed by atoms with van der Waals surface area (Å²) in [5.74, 6) is 0.915. The minimum absolute atomic E-state index is 0.0568. The van der Waals surface area contributed by atoms with E-state index in [-0.39, 0.29) is 29.4 Å². The predicted octanol–water partition coefficient (Wildman–Crippen LogP) is 2.95. The zero-order chi connectivity index (χ0) is 18.2. The normalized spacial score (nSPS) is 22.8. The van der Waals surface area contributed by atoms with Gasteiger partial charge in [0.25, 0.3) is 0 Å². The second kappa shape index (κ2) is 7.10. The molecule has 1 aliphatic carbocycles. The number of carbonyl (C=O) groups is 1. The Morgan fingerprint density at radius 3 is 2.60 bits per heavy atom. The van der Waals surface area contributed by atoms with Gasteiger partial charge in [0.05, 0.1) is 11.5 Å². The highest BCUT2D eigenvalue weighted by Gasteiger charge is 2.33. The second-order valence-electron chi connectivity index (χ2n) is 8.00. The van der Waals surface area contributed by atoms with Crippen LogP contribution < -0.4 is 0 Å². The van der Waals surface area contributed by atoms with Gasteiger partial charge in [-0.1, -0.05) is 32.0 Å². The van der Waals surface area contributed by atoms with Crippen molar-refractivity contribution >= 4 is 15.7 Å². The van der Waals surface area contributed by atoms with Crippen LogP contribution in [-0.4, -0.2) is 43.8 Å². The maximum atomic E-state index is 12.8. The summed E-state index contributed by atoms with van der Waals surface area (Å²) in [7, 11) is -1.21. The third kappa shape index (κ3) is 4.08. The highest BCUT2D eigenvalue weighted by atomic mass is 32.2. The van der Waals surface area contributed by atoms with E-state index in [1.165, 1.54) is 29.5 Å². The van der Waals surface area contributed by atoms with E-state index in [0.717, 1.165) is 6.42 Å². The lowest BCUT2D eigenvalue weighted by Crippen LogP contribution is -2.38. The zero-order valence-corrected chi connectivity index (χ0v) is 16.3. The van der Waals surface area contributed by atoms with E-state index in [4.69, 9.17) is 0 Å². The van der Waals surface area contributed by atoms with E-state index >= 15 is 0 Å². The highest BCUT2D eigenvalue weighted by molar-refractivity contribution is 7.91. The first kappa shape index (κ1) is 18.4. The molecule has 1 fully saturated rings. The molecule has 4 nitrogen and oxygen atoms in total. The van der Waals surface area contributed by atoms with E-state index in [2.05, 4.69) is 32.0 Å². The Bertz CT molecular complexity index is 754. The van der Waals surface area contributed by atoms with Crippen LogP contribution in [0.3, 0.4) is 0 Å². The molecule has 0 spiro atoms. The maximum Gasteiger partial charge on any atom is 0.223 e. The van der Waals surface area contributed by atoms with Crippen LogP contribution in [0, 0.1) is 5.92 Å². The Kier molecular flexibility index (Phi) is 5.24. The van der Waals surface area contributed by atoms with Gasteiger partial charge in [0.1, 0.15) is 0 Å². The van der Waals surface area contributed by atoms with E-state index in [1.54, 1.807) is 11.9 Å². The first-order valence-electron chi connectivity index (χ1n) is 9.34. The summed E-state index contributed by atoms with van der Waals surface area (Å²) in [6, 6.07) is 6.54. The molecule has 1 aliphatic heterocycles. The molecule has 5 heteroatoms. The highest BCUT2D eigenvalue weighted by Crippen LogP contribution is 2.33. The van der Waals surface area contributed by atoms with Gasteiger partial charge in [-0.25, -0.2) is 8.42 Å². The van der Waals surface area contributed by atoms with Gasteiger partial charge in [-0.3, -0.25) is 4.79 Å². The summed E-state index contributed by atoms with van der Waals surface area (Å²) < 4.78 is 23.4. The van der Waals surface area contributed by atoms with Crippen LogP contribution in [0.5, 0.6) is 0 Å². The van der Waals surface area contributed by atoms with Crippen molar-refractivity contribution in [3.8, 4) is 0 Å². The van der Waals surface area contributed by atoms with Crippen molar-refractivity contribution in [1.82, 2.24) is 4.90 Å². The van der Waals surface area contributed by atoms with Crippen molar-refractivity contribution in [2.45, 2.75) is 57.9 Å². The van der Waals surface area contributed by atoms with E-state index in [0.29, 0.717) is 18.8 Å². The second-order valence-corrected chi connectivity index (χ2v) is 10.2. The third-order valence-corrected chi connectivity index (χ3v) is 7.65. The monoisotopic (exact) mass is 363 g/mol. The Balaban J connectivity index is 1.72. The van der Waals surface area contributed by atoms with Crippen molar-refractivity contribution in [3.63, 3.8) is 0 Å². The zero-order valence-electron chi connectivity index (χ0n) is 15.5. The largest absolute Gasteiger partial charge is 0.342 e. The molecule has 1 aromatic carbocycles. The molecule has 0 aromatic heterocycles. The summed E-state index contributed by atoms with van der Waals surface area (Å²) in [5.41, 5.74) is 4.13. The molecule has 0 saturated carbocycles. The fourth-order valence-electron chi connectivity index (χ4n) is 4.18. The molecule has 0 radical (unpaired) electrons. The molecular weight excluding hydrogens is 334 g/mol. The summed E-state index contributed by atoms with van der Waals surface area (Å²) in [6.07, 6.45) is 4.55. The Morgan fingerprint density at radius 2 is 1.96 bits per heavy atom. The molecule has 3 rings (SSSR count). The van der Waals surface area contributed by atoms with Gasteiger partial charge >= 0.3 is 0 Å².